The van der Waals surface area contributed by atoms with E-state index in [0.29, 0.717) is 0 Å². The quantitative estimate of drug-likeness (QED) is 0.263. The predicted octanol–water partition coefficient (Wildman–Crippen LogP) is -3.82. The number of rotatable bonds is 2. The van der Waals surface area contributed by atoms with E-state index in [1.54, 1.807) is 32.3 Å². The second-order valence-corrected chi connectivity index (χ2v) is 8.43. The Bertz CT molecular complexity index is 720. The fourth-order valence-corrected chi connectivity index (χ4v) is 1.98. The zero-order valence-electron chi connectivity index (χ0n) is 20.2. The van der Waals surface area contributed by atoms with Crippen LogP contribution in [-0.2, 0) is 39.2 Å². The van der Waals surface area contributed by atoms with Crippen LogP contribution in [0.5, 0.6) is 0 Å². The van der Waals surface area contributed by atoms with Gasteiger partial charge in [-0.1, -0.05) is 0 Å². The number of halogens is 3. The van der Waals surface area contributed by atoms with Gasteiger partial charge in [-0.15, -0.1) is 0 Å². The molecule has 194 valence electrons. The second-order valence-electron chi connectivity index (χ2n) is 4.95. The summed E-state index contributed by atoms with van der Waals surface area (Å²) in [5, 5.41) is 9.56. The summed E-state index contributed by atoms with van der Waals surface area (Å²) >= 11 is 0. The molecular formula is C14H31F3LiN5O8S2. The molecule has 0 heterocycles. The molecule has 0 spiro atoms. The summed E-state index contributed by atoms with van der Waals surface area (Å²) in [7, 11) is -4.07. The number of carbonyl (C=O) groups excluding carboxylic acids is 4. The van der Waals surface area contributed by atoms with Crippen LogP contribution in [0.3, 0.4) is 0 Å². The Labute approximate surface area is 204 Å². The molecule has 0 aliphatic heterocycles. The molecule has 0 aromatic heterocycles. The van der Waals surface area contributed by atoms with Crippen molar-refractivity contribution >= 4 is 43.7 Å². The van der Waals surface area contributed by atoms with Crippen LogP contribution in [0.2, 0.25) is 0 Å². The minimum absolute atomic E-state index is 0. The Hall–Kier alpha value is -1.87. The first-order chi connectivity index (χ1) is 14.0. The number of nitrogens with one attached hydrogen (secondary N) is 4. The molecule has 0 aliphatic carbocycles. The zero-order chi connectivity index (χ0) is 27.3. The first-order valence-electron chi connectivity index (χ1n) is 8.03. The van der Waals surface area contributed by atoms with Gasteiger partial charge in [0, 0.05) is 62.1 Å². The van der Waals surface area contributed by atoms with Crippen molar-refractivity contribution in [2.24, 2.45) is 0 Å². The van der Waals surface area contributed by atoms with Crippen molar-refractivity contribution in [3.63, 3.8) is 0 Å². The maximum Gasteiger partial charge on any atom is 1.00 e. The van der Waals surface area contributed by atoms with Crippen LogP contribution in [0.15, 0.2) is 0 Å². The molecule has 0 fully saturated rings. The monoisotopic (exact) mass is 525 g/mol. The topological polar surface area (TPSA) is 199 Å². The van der Waals surface area contributed by atoms with Crippen LogP contribution in [0.1, 0.15) is 27.7 Å². The van der Waals surface area contributed by atoms with E-state index in [2.05, 4.69) is 21.3 Å². The fraction of sp³-hybridized carbons (Fsp3) is 0.714. The number of hydrogen-bond acceptors (Lipinski definition) is 8. The van der Waals surface area contributed by atoms with Gasteiger partial charge in [0.1, 0.15) is 0 Å². The molecule has 19 heteroatoms. The molecule has 0 bridgehead atoms. The van der Waals surface area contributed by atoms with Gasteiger partial charge < -0.3 is 25.4 Å². The molecule has 0 aromatic carbocycles. The van der Waals surface area contributed by atoms with Crippen molar-refractivity contribution in [1.29, 1.82) is 0 Å². The van der Waals surface area contributed by atoms with E-state index in [-0.39, 0.29) is 48.7 Å². The van der Waals surface area contributed by atoms with Crippen LogP contribution in [-0.4, -0.2) is 80.4 Å². The molecule has 0 rings (SSSR count). The van der Waals surface area contributed by atoms with Crippen molar-refractivity contribution in [2.45, 2.75) is 33.2 Å². The average molecular weight is 525 g/mol. The van der Waals surface area contributed by atoms with Gasteiger partial charge >= 0.3 is 24.4 Å². The molecule has 0 aliphatic rings. The molecule has 0 radical (unpaired) electrons. The Morgan fingerprint density at radius 2 is 0.788 bits per heavy atom. The molecule has 0 atom stereocenters. The summed E-state index contributed by atoms with van der Waals surface area (Å²) in [5.74, 6) is 0.0185. The summed E-state index contributed by atoms with van der Waals surface area (Å²) in [5.41, 5.74) is -5.67. The van der Waals surface area contributed by atoms with Crippen molar-refractivity contribution in [3.8, 4) is 0 Å². The first-order valence-corrected chi connectivity index (χ1v) is 11.3. The minimum Gasteiger partial charge on any atom is -0.429 e. The van der Waals surface area contributed by atoms with Gasteiger partial charge in [0.25, 0.3) is 0 Å². The summed E-state index contributed by atoms with van der Waals surface area (Å²) in [4.78, 5) is 38.8. The Balaban J connectivity index is -0.0000000739. The summed E-state index contributed by atoms with van der Waals surface area (Å²) < 4.78 is 76.0. The predicted molar refractivity (Wildman–Crippen MR) is 112 cm³/mol. The SMILES string of the molecule is CNC(C)=O.CNC(C)=O.CNC(C)=O.CNC(C)=O.CS(=O)(=O)[N-]S(=O)(=O)C(F)(F)F.[Li+]. The number of carbonyl (C=O) groups is 4. The number of sulfonamides is 2. The molecule has 0 unspecified atom stereocenters. The first kappa shape index (κ1) is 44.7. The van der Waals surface area contributed by atoms with Crippen molar-refractivity contribution in [1.82, 2.24) is 21.3 Å². The summed E-state index contributed by atoms with van der Waals surface area (Å²) in [6.45, 7) is 5.89. The maximum absolute atomic E-state index is 11.4. The van der Waals surface area contributed by atoms with Crippen molar-refractivity contribution in [3.05, 3.63) is 4.13 Å². The third-order valence-corrected chi connectivity index (χ3v) is 4.39. The van der Waals surface area contributed by atoms with E-state index in [4.69, 9.17) is 0 Å². The van der Waals surface area contributed by atoms with Crippen LogP contribution in [0.25, 0.3) is 4.13 Å². The van der Waals surface area contributed by atoms with Crippen molar-refractivity contribution < 1.29 is 68.0 Å². The number of alkyl halides is 3. The Morgan fingerprint density at radius 3 is 0.818 bits per heavy atom. The maximum atomic E-state index is 11.4. The molecule has 0 saturated heterocycles. The standard InChI is InChI=1S/4C3H7NO.C2H3F3NO4S2.Li/c4*1-3(5)4-2;1-11(7,8)6-12(9,10)2(3,4)5;/h4*1-2H3,(H,4,5);1H3;/q;;;;-1;+1. The Morgan fingerprint density at radius 1 is 0.636 bits per heavy atom. The van der Waals surface area contributed by atoms with E-state index in [1.807, 2.05) is 0 Å². The van der Waals surface area contributed by atoms with Crippen LogP contribution in [0.4, 0.5) is 13.2 Å². The Kier molecular flexibility index (Phi) is 31.6. The van der Waals surface area contributed by atoms with E-state index >= 15 is 0 Å². The van der Waals surface area contributed by atoms with Crippen LogP contribution in [0, 0.1) is 0 Å². The van der Waals surface area contributed by atoms with E-state index in [1.165, 1.54) is 27.7 Å². The number of amides is 4. The molecular weight excluding hydrogens is 494 g/mol. The van der Waals surface area contributed by atoms with Gasteiger partial charge in [0.15, 0.2) is 10.0 Å². The van der Waals surface area contributed by atoms with Gasteiger partial charge in [0.05, 0.1) is 10.0 Å². The molecule has 0 aromatic rings. The van der Waals surface area contributed by atoms with E-state index in [0.717, 1.165) is 0 Å². The van der Waals surface area contributed by atoms with Gasteiger partial charge in [-0.05, 0) is 0 Å². The van der Waals surface area contributed by atoms with Gasteiger partial charge in [-0.3, -0.25) is 19.2 Å². The summed E-state index contributed by atoms with van der Waals surface area (Å²) in [6, 6.07) is 0. The second kappa shape index (κ2) is 23.3. The number of nitrogens with zero attached hydrogens (tertiary/aromatic N) is 1. The molecule has 0 saturated carbocycles. The third-order valence-electron chi connectivity index (χ3n) is 1.93. The molecule has 4 N–H and O–H groups in total. The third kappa shape index (κ3) is 53.4. The van der Waals surface area contributed by atoms with Crippen LogP contribution < -0.4 is 40.1 Å². The smallest absolute Gasteiger partial charge is 0.429 e. The molecule has 33 heavy (non-hydrogen) atoms. The van der Waals surface area contributed by atoms with Crippen molar-refractivity contribution in [2.75, 3.05) is 34.4 Å². The zero-order valence-corrected chi connectivity index (χ0v) is 21.8. The van der Waals surface area contributed by atoms with E-state index < -0.39 is 25.6 Å². The van der Waals surface area contributed by atoms with E-state index in [9.17, 15) is 49.2 Å². The summed E-state index contributed by atoms with van der Waals surface area (Å²) in [6.07, 6.45) is 0.246. The van der Waals surface area contributed by atoms with Crippen LogP contribution >= 0.6 is 0 Å². The average Bonchev–Trinajstić information content (AvgIpc) is 2.60. The minimum atomic E-state index is -5.92. The van der Waals surface area contributed by atoms with Gasteiger partial charge in [0.2, 0.25) is 23.6 Å². The normalized spacial score (nSPS) is 9.45. The molecule has 4 amide bonds. The number of hydrogen-bond donors (Lipinski definition) is 4. The van der Waals surface area contributed by atoms with Gasteiger partial charge in [-0.2, -0.15) is 13.2 Å². The molecule has 13 nitrogen and oxygen atoms in total. The van der Waals surface area contributed by atoms with Gasteiger partial charge in [-0.25, -0.2) is 16.8 Å². The largest absolute Gasteiger partial charge is 1.00 e. The fourth-order valence-electron chi connectivity index (χ4n) is 0.221.